The van der Waals surface area contributed by atoms with Crippen LogP contribution in [0.25, 0.3) is 0 Å². The summed E-state index contributed by atoms with van der Waals surface area (Å²) in [6.07, 6.45) is 1.10. The number of carbonyl (C=O) groups excluding carboxylic acids is 1. The number of hydrogen-bond donors (Lipinski definition) is 2. The van der Waals surface area contributed by atoms with Crippen LogP contribution in [0.15, 0.2) is 6.07 Å². The Morgan fingerprint density at radius 2 is 2.00 bits per heavy atom. The van der Waals surface area contributed by atoms with Crippen molar-refractivity contribution < 1.29 is 9.90 Å². The summed E-state index contributed by atoms with van der Waals surface area (Å²) in [6, 6.07) is 1.89. The van der Waals surface area contributed by atoms with Gasteiger partial charge in [0.25, 0.3) is 0 Å². The summed E-state index contributed by atoms with van der Waals surface area (Å²) in [6.45, 7) is 3.82. The fourth-order valence-corrected chi connectivity index (χ4v) is 1.92. The number of benzene rings is 1. The third-order valence-electron chi connectivity index (χ3n) is 2.65. The number of amides is 1. The normalized spacial score (nSPS) is 14.9. The lowest BCUT2D eigenvalue weighted by atomic mass is 9.96. The average molecular weight is 191 g/mol. The Bertz CT molecular complexity index is 410. The zero-order chi connectivity index (χ0) is 10.3. The SMILES string of the molecule is Cc1cc(C)c2c(c1O)CCC(=O)N2. The maximum Gasteiger partial charge on any atom is 0.224 e. The van der Waals surface area contributed by atoms with Crippen LogP contribution in [0, 0.1) is 13.8 Å². The van der Waals surface area contributed by atoms with Gasteiger partial charge in [0, 0.05) is 12.0 Å². The molecule has 1 aromatic carbocycles. The van der Waals surface area contributed by atoms with Gasteiger partial charge in [0.05, 0.1) is 5.69 Å². The molecule has 0 radical (unpaired) electrons. The van der Waals surface area contributed by atoms with Crippen LogP contribution in [0.4, 0.5) is 5.69 Å². The molecule has 3 nitrogen and oxygen atoms in total. The highest BCUT2D eigenvalue weighted by Crippen LogP contribution is 2.35. The van der Waals surface area contributed by atoms with Crippen molar-refractivity contribution in [3.63, 3.8) is 0 Å². The smallest absolute Gasteiger partial charge is 0.224 e. The predicted molar refractivity (Wildman–Crippen MR) is 54.5 cm³/mol. The van der Waals surface area contributed by atoms with Gasteiger partial charge in [0.1, 0.15) is 5.75 Å². The van der Waals surface area contributed by atoms with Crippen LogP contribution in [0.1, 0.15) is 23.1 Å². The van der Waals surface area contributed by atoms with Gasteiger partial charge in [-0.15, -0.1) is 0 Å². The number of phenols is 1. The molecule has 1 aliphatic rings. The standard InChI is InChI=1S/C11H13NO2/c1-6-5-7(2)11(14)8-3-4-9(13)12-10(6)8/h5,14H,3-4H2,1-2H3,(H,12,13). The van der Waals surface area contributed by atoms with Crippen molar-refractivity contribution in [2.24, 2.45) is 0 Å². The molecule has 0 spiro atoms. The second kappa shape index (κ2) is 3.01. The van der Waals surface area contributed by atoms with Crippen molar-refractivity contribution in [3.8, 4) is 5.75 Å². The number of carbonyl (C=O) groups is 1. The van der Waals surface area contributed by atoms with Crippen LogP contribution in [-0.2, 0) is 11.2 Å². The minimum Gasteiger partial charge on any atom is -0.507 e. The predicted octanol–water partition coefficient (Wildman–Crippen LogP) is 1.89. The van der Waals surface area contributed by atoms with E-state index < -0.39 is 0 Å². The third-order valence-corrected chi connectivity index (χ3v) is 2.65. The summed E-state index contributed by atoms with van der Waals surface area (Å²) in [5.41, 5.74) is 3.56. The van der Waals surface area contributed by atoms with E-state index >= 15 is 0 Å². The monoisotopic (exact) mass is 191 g/mol. The molecule has 0 saturated carbocycles. The van der Waals surface area contributed by atoms with Crippen LogP contribution in [0.3, 0.4) is 0 Å². The second-order valence-electron chi connectivity index (χ2n) is 3.76. The summed E-state index contributed by atoms with van der Waals surface area (Å²) in [5, 5.41) is 12.6. The molecule has 0 atom stereocenters. The van der Waals surface area contributed by atoms with Crippen LogP contribution in [0.2, 0.25) is 0 Å². The summed E-state index contributed by atoms with van der Waals surface area (Å²) in [7, 11) is 0. The molecule has 0 unspecified atom stereocenters. The van der Waals surface area contributed by atoms with E-state index in [1.807, 2.05) is 19.9 Å². The van der Waals surface area contributed by atoms with Gasteiger partial charge in [0.2, 0.25) is 5.91 Å². The Kier molecular flexibility index (Phi) is 1.95. The lowest BCUT2D eigenvalue weighted by molar-refractivity contribution is -0.116. The van der Waals surface area contributed by atoms with E-state index in [0.717, 1.165) is 22.4 Å². The number of aryl methyl sites for hydroxylation is 2. The van der Waals surface area contributed by atoms with Gasteiger partial charge in [0.15, 0.2) is 0 Å². The number of phenolic OH excluding ortho intramolecular Hbond substituents is 1. The molecule has 1 heterocycles. The highest BCUT2D eigenvalue weighted by molar-refractivity contribution is 5.95. The molecular weight excluding hydrogens is 178 g/mol. The van der Waals surface area contributed by atoms with Crippen molar-refractivity contribution in [2.45, 2.75) is 26.7 Å². The van der Waals surface area contributed by atoms with Gasteiger partial charge in [-0.05, 0) is 31.4 Å². The Balaban J connectivity index is 2.62. The quantitative estimate of drug-likeness (QED) is 0.658. The van der Waals surface area contributed by atoms with Crippen molar-refractivity contribution in [1.29, 1.82) is 0 Å². The van der Waals surface area contributed by atoms with Crippen molar-refractivity contribution in [2.75, 3.05) is 5.32 Å². The lowest BCUT2D eigenvalue weighted by Gasteiger charge is -2.21. The topological polar surface area (TPSA) is 49.3 Å². The van der Waals surface area contributed by atoms with Crippen LogP contribution in [-0.4, -0.2) is 11.0 Å². The van der Waals surface area contributed by atoms with E-state index in [1.54, 1.807) is 0 Å². The van der Waals surface area contributed by atoms with Crippen molar-refractivity contribution >= 4 is 11.6 Å². The fraction of sp³-hybridized carbons (Fsp3) is 0.364. The largest absolute Gasteiger partial charge is 0.507 e. The maximum absolute atomic E-state index is 11.2. The van der Waals surface area contributed by atoms with Gasteiger partial charge in [-0.2, -0.15) is 0 Å². The molecule has 2 N–H and O–H groups in total. The zero-order valence-corrected chi connectivity index (χ0v) is 8.35. The Morgan fingerprint density at radius 1 is 1.29 bits per heavy atom. The first-order chi connectivity index (χ1) is 6.59. The van der Waals surface area contributed by atoms with Crippen molar-refractivity contribution in [1.82, 2.24) is 0 Å². The molecule has 3 heteroatoms. The van der Waals surface area contributed by atoms with Gasteiger partial charge in [-0.25, -0.2) is 0 Å². The number of aromatic hydroxyl groups is 1. The van der Waals surface area contributed by atoms with Crippen molar-refractivity contribution in [3.05, 3.63) is 22.8 Å². The highest BCUT2D eigenvalue weighted by Gasteiger charge is 2.20. The number of anilines is 1. The fourth-order valence-electron chi connectivity index (χ4n) is 1.92. The molecule has 0 fully saturated rings. The Labute approximate surface area is 82.8 Å². The van der Waals surface area contributed by atoms with E-state index in [2.05, 4.69) is 5.32 Å². The first kappa shape index (κ1) is 9.06. The molecule has 74 valence electrons. The molecule has 0 saturated heterocycles. The molecule has 0 aliphatic carbocycles. The average Bonchev–Trinajstić information content (AvgIpc) is 2.14. The summed E-state index contributed by atoms with van der Waals surface area (Å²) in [4.78, 5) is 11.2. The molecule has 0 aromatic heterocycles. The molecule has 0 bridgehead atoms. The molecular formula is C11H13NO2. The van der Waals surface area contributed by atoms with Gasteiger partial charge in [-0.1, -0.05) is 6.07 Å². The molecule has 1 aromatic rings. The van der Waals surface area contributed by atoms with E-state index in [0.29, 0.717) is 18.6 Å². The summed E-state index contributed by atoms with van der Waals surface area (Å²) >= 11 is 0. The number of fused-ring (bicyclic) bond motifs is 1. The Hall–Kier alpha value is -1.51. The minimum absolute atomic E-state index is 0.0313. The van der Waals surface area contributed by atoms with E-state index in [-0.39, 0.29) is 5.91 Å². The van der Waals surface area contributed by atoms with Gasteiger partial charge < -0.3 is 10.4 Å². The highest BCUT2D eigenvalue weighted by atomic mass is 16.3. The van der Waals surface area contributed by atoms with E-state index in [4.69, 9.17) is 0 Å². The molecule has 14 heavy (non-hydrogen) atoms. The third kappa shape index (κ3) is 1.25. The molecule has 2 rings (SSSR count). The number of nitrogens with one attached hydrogen (secondary N) is 1. The number of hydrogen-bond acceptors (Lipinski definition) is 2. The maximum atomic E-state index is 11.2. The zero-order valence-electron chi connectivity index (χ0n) is 8.35. The molecule has 1 amide bonds. The van der Waals surface area contributed by atoms with Crippen LogP contribution in [0.5, 0.6) is 5.75 Å². The van der Waals surface area contributed by atoms with Gasteiger partial charge >= 0.3 is 0 Å². The summed E-state index contributed by atoms with van der Waals surface area (Å²) < 4.78 is 0. The molecule has 1 aliphatic heterocycles. The second-order valence-corrected chi connectivity index (χ2v) is 3.76. The Morgan fingerprint density at radius 3 is 2.71 bits per heavy atom. The van der Waals surface area contributed by atoms with E-state index in [9.17, 15) is 9.90 Å². The number of rotatable bonds is 0. The van der Waals surface area contributed by atoms with Gasteiger partial charge in [-0.3, -0.25) is 4.79 Å². The first-order valence-electron chi connectivity index (χ1n) is 4.71. The van der Waals surface area contributed by atoms with E-state index in [1.165, 1.54) is 0 Å². The minimum atomic E-state index is 0.0313. The lowest BCUT2D eigenvalue weighted by Crippen LogP contribution is -2.20. The summed E-state index contributed by atoms with van der Waals surface area (Å²) in [5.74, 6) is 0.356. The van der Waals surface area contributed by atoms with Crippen LogP contribution >= 0.6 is 0 Å². The first-order valence-corrected chi connectivity index (χ1v) is 4.71. The van der Waals surface area contributed by atoms with Crippen LogP contribution < -0.4 is 5.32 Å².